The van der Waals surface area contributed by atoms with Crippen LogP contribution in [0.5, 0.6) is 0 Å². The van der Waals surface area contributed by atoms with E-state index in [-0.39, 0.29) is 5.56 Å². The Morgan fingerprint density at radius 3 is 2.25 bits per heavy atom. The van der Waals surface area contributed by atoms with Crippen molar-refractivity contribution in [2.75, 3.05) is 6.67 Å². The molecule has 1 aromatic rings. The highest BCUT2D eigenvalue weighted by Crippen LogP contribution is 2.24. The molecule has 20 heavy (non-hydrogen) atoms. The van der Waals surface area contributed by atoms with Crippen LogP contribution in [0.1, 0.15) is 12.5 Å². The van der Waals surface area contributed by atoms with Crippen LogP contribution in [-0.4, -0.2) is 35.7 Å². The number of rotatable bonds is 5. The Morgan fingerprint density at radius 1 is 1.30 bits per heavy atom. The first-order chi connectivity index (χ1) is 9.27. The molecule has 0 aromatic heterocycles. The molecule has 0 aliphatic heterocycles. The van der Waals surface area contributed by atoms with Gasteiger partial charge in [-0.05, 0) is 0 Å². The number of hydrogen-bond acceptors (Lipinski definition) is 2. The van der Waals surface area contributed by atoms with Crippen molar-refractivity contribution < 1.29 is 27.5 Å². The lowest BCUT2D eigenvalue weighted by molar-refractivity contribution is -0.139. The second-order valence-corrected chi connectivity index (χ2v) is 4.26. The summed E-state index contributed by atoms with van der Waals surface area (Å²) in [4.78, 5) is 14.2. The van der Waals surface area contributed by atoms with E-state index >= 15 is 0 Å². The predicted octanol–water partition coefficient (Wildman–Crippen LogP) is 3.10. The van der Waals surface area contributed by atoms with Gasteiger partial charge in [-0.3, -0.25) is 9.38 Å². The Balaban J connectivity index is 3.30. The highest BCUT2D eigenvalue weighted by molar-refractivity contribution is 6.05. The Bertz CT molecular complexity index is 485. The fourth-order valence-corrected chi connectivity index (χ4v) is 1.56. The molecular weight excluding hydrogens is 278 g/mol. The van der Waals surface area contributed by atoms with E-state index in [1.807, 2.05) is 0 Å². The molecule has 1 aromatic carbocycles. The van der Waals surface area contributed by atoms with Crippen LogP contribution >= 0.6 is 0 Å². The van der Waals surface area contributed by atoms with Crippen molar-refractivity contribution in [1.82, 2.24) is 0 Å². The number of nitrogens with zero attached hydrogens (tertiary/aromatic N) is 1. The second-order valence-electron chi connectivity index (χ2n) is 4.26. The van der Waals surface area contributed by atoms with Crippen molar-refractivity contribution in [1.29, 1.82) is 0 Å². The molecule has 1 rings (SSSR count). The molecule has 0 aliphatic rings. The molecule has 0 aliphatic carbocycles. The maximum absolute atomic E-state index is 13.0. The summed E-state index contributed by atoms with van der Waals surface area (Å²) in [6.45, 7) is 0.127. The average molecular weight is 291 g/mol. The maximum Gasteiger partial charge on any atom is 0.433 e. The van der Waals surface area contributed by atoms with Crippen molar-refractivity contribution in [2.24, 2.45) is 10.9 Å². The minimum atomic E-state index is -4.81. The van der Waals surface area contributed by atoms with E-state index in [4.69, 9.17) is 5.11 Å². The summed E-state index contributed by atoms with van der Waals surface area (Å²) in [6.07, 6.45) is -4.81. The van der Waals surface area contributed by atoms with Gasteiger partial charge in [-0.2, -0.15) is 13.2 Å². The number of carbonyl (C=O) groups is 1. The highest BCUT2D eigenvalue weighted by atomic mass is 19.4. The van der Waals surface area contributed by atoms with Gasteiger partial charge >= 0.3 is 12.1 Å². The van der Waals surface area contributed by atoms with Gasteiger partial charge in [0.15, 0.2) is 6.04 Å². The fraction of sp³-hybridized carbons (Fsp3) is 0.385. The number of aliphatic carboxylic acids is 1. The first-order valence-corrected chi connectivity index (χ1v) is 5.76. The number of halogens is 4. The minimum absolute atomic E-state index is 0.252. The van der Waals surface area contributed by atoms with Gasteiger partial charge < -0.3 is 5.11 Å². The second kappa shape index (κ2) is 6.49. The zero-order chi connectivity index (χ0) is 15.3. The van der Waals surface area contributed by atoms with E-state index in [0.717, 1.165) is 0 Å². The third-order valence-electron chi connectivity index (χ3n) is 2.62. The molecule has 0 heterocycles. The summed E-state index contributed by atoms with van der Waals surface area (Å²) in [5.41, 5.74) is -1.57. The molecule has 1 unspecified atom stereocenters. The van der Waals surface area contributed by atoms with Crippen LogP contribution in [0.2, 0.25) is 0 Å². The summed E-state index contributed by atoms with van der Waals surface area (Å²) in [5, 5.41) is 8.90. The third-order valence-corrected chi connectivity index (χ3v) is 2.62. The predicted molar refractivity (Wildman–Crippen MR) is 65.6 cm³/mol. The Kier molecular flexibility index (Phi) is 5.24. The van der Waals surface area contributed by atoms with Crippen molar-refractivity contribution in [3.63, 3.8) is 0 Å². The number of benzene rings is 1. The highest BCUT2D eigenvalue weighted by Gasteiger charge is 2.38. The van der Waals surface area contributed by atoms with E-state index < -0.39 is 36.5 Å². The quantitative estimate of drug-likeness (QED) is 0.669. The van der Waals surface area contributed by atoms with E-state index in [2.05, 4.69) is 4.99 Å². The first-order valence-electron chi connectivity index (χ1n) is 5.76. The minimum Gasteiger partial charge on any atom is -0.480 e. The summed E-state index contributed by atoms with van der Waals surface area (Å²) in [6, 6.07) is 4.85. The molecule has 1 N–H and O–H groups in total. The van der Waals surface area contributed by atoms with Crippen LogP contribution in [0.4, 0.5) is 17.6 Å². The summed E-state index contributed by atoms with van der Waals surface area (Å²) in [5.74, 6) is -2.73. The van der Waals surface area contributed by atoms with Crippen LogP contribution in [0.25, 0.3) is 0 Å². The fourth-order valence-electron chi connectivity index (χ4n) is 1.56. The first kappa shape index (κ1) is 16.1. The van der Waals surface area contributed by atoms with Gasteiger partial charge in [0.25, 0.3) is 0 Å². The molecule has 110 valence electrons. The van der Waals surface area contributed by atoms with Crippen molar-refractivity contribution in [3.05, 3.63) is 35.9 Å². The van der Waals surface area contributed by atoms with Crippen molar-refractivity contribution in [3.8, 4) is 0 Å². The van der Waals surface area contributed by atoms with Crippen LogP contribution < -0.4 is 0 Å². The number of aliphatic imine (C=N–C) groups is 1. The molecule has 0 fully saturated rings. The summed E-state index contributed by atoms with van der Waals surface area (Å²) < 4.78 is 51.5. The van der Waals surface area contributed by atoms with E-state index in [9.17, 15) is 22.4 Å². The zero-order valence-electron chi connectivity index (χ0n) is 10.6. The van der Waals surface area contributed by atoms with Gasteiger partial charge in [-0.25, -0.2) is 4.79 Å². The Morgan fingerprint density at radius 2 is 1.85 bits per heavy atom. The van der Waals surface area contributed by atoms with Gasteiger partial charge in [0.2, 0.25) is 0 Å². The number of alkyl halides is 4. The molecule has 0 bridgehead atoms. The number of carboxylic acid groups (broad SMARTS) is 1. The normalized spacial score (nSPS) is 15.8. The van der Waals surface area contributed by atoms with Gasteiger partial charge in [0, 0.05) is 11.5 Å². The van der Waals surface area contributed by atoms with Crippen LogP contribution in [-0.2, 0) is 4.79 Å². The van der Waals surface area contributed by atoms with E-state index in [1.54, 1.807) is 0 Å². The number of hydrogen-bond donors (Lipinski definition) is 1. The van der Waals surface area contributed by atoms with Crippen molar-refractivity contribution in [2.45, 2.75) is 19.1 Å². The van der Waals surface area contributed by atoms with Gasteiger partial charge in [0.1, 0.15) is 5.71 Å². The lowest BCUT2D eigenvalue weighted by atomic mass is 10.0. The lowest BCUT2D eigenvalue weighted by Gasteiger charge is -2.17. The third kappa shape index (κ3) is 4.04. The standard InChI is InChI=1S/C13H13F4NO2/c1-8(7-14)10(12(19)20)18-11(13(15,16)17)9-5-3-2-4-6-9/h2-6,8,10H,7H2,1H3,(H,19,20)/t8?,10-/m0/s1. The topological polar surface area (TPSA) is 49.7 Å². The molecular formula is C13H13F4NO2. The molecule has 3 nitrogen and oxygen atoms in total. The van der Waals surface area contributed by atoms with Crippen LogP contribution in [0, 0.1) is 5.92 Å². The molecule has 0 spiro atoms. The molecule has 0 radical (unpaired) electrons. The SMILES string of the molecule is CC(CF)[C@H](N=C(c1ccccc1)C(F)(F)F)C(=O)O. The Labute approximate surface area is 112 Å². The van der Waals surface area contributed by atoms with Gasteiger partial charge in [0.05, 0.1) is 6.67 Å². The van der Waals surface area contributed by atoms with E-state index in [1.165, 1.54) is 37.3 Å². The summed E-state index contributed by atoms with van der Waals surface area (Å²) >= 11 is 0. The van der Waals surface area contributed by atoms with Crippen molar-refractivity contribution >= 4 is 11.7 Å². The van der Waals surface area contributed by atoms with Gasteiger partial charge in [-0.15, -0.1) is 0 Å². The molecule has 7 heteroatoms. The molecule has 2 atom stereocenters. The average Bonchev–Trinajstić information content (AvgIpc) is 2.38. The summed E-state index contributed by atoms with van der Waals surface area (Å²) in [7, 11) is 0. The van der Waals surface area contributed by atoms with Crippen LogP contribution in [0.15, 0.2) is 35.3 Å². The van der Waals surface area contributed by atoms with Crippen LogP contribution in [0.3, 0.4) is 0 Å². The molecule has 0 amide bonds. The maximum atomic E-state index is 13.0. The number of carboxylic acids is 1. The van der Waals surface area contributed by atoms with Gasteiger partial charge in [-0.1, -0.05) is 37.3 Å². The smallest absolute Gasteiger partial charge is 0.433 e. The molecule has 0 saturated heterocycles. The lowest BCUT2D eigenvalue weighted by Crippen LogP contribution is -2.33. The molecule has 0 saturated carbocycles. The van der Waals surface area contributed by atoms with E-state index in [0.29, 0.717) is 0 Å². The largest absolute Gasteiger partial charge is 0.480 e. The zero-order valence-corrected chi connectivity index (χ0v) is 10.6. The Hall–Kier alpha value is -1.92. The monoisotopic (exact) mass is 291 g/mol.